The molecule has 6 heteroatoms. The van der Waals surface area contributed by atoms with Crippen LogP contribution in [0, 0.1) is 6.92 Å². The second-order valence-corrected chi connectivity index (χ2v) is 10.2. The van der Waals surface area contributed by atoms with E-state index in [1.807, 2.05) is 19.1 Å². The Bertz CT molecular complexity index is 988. The molecule has 0 spiro atoms. The molecule has 3 rings (SSSR count). The highest BCUT2D eigenvalue weighted by Crippen LogP contribution is 2.40. The van der Waals surface area contributed by atoms with Crippen LogP contribution < -0.4 is 4.31 Å². The summed E-state index contributed by atoms with van der Waals surface area (Å²) in [7, 11) is -2.47. The maximum atomic E-state index is 13.4. The fourth-order valence-electron chi connectivity index (χ4n) is 3.54. The molecular formula is C22H27NO4S. The lowest BCUT2D eigenvalue weighted by Crippen LogP contribution is -2.39. The lowest BCUT2D eigenvalue weighted by molar-refractivity contribution is -0.140. The smallest absolute Gasteiger partial charge is 0.307 e. The third kappa shape index (κ3) is 3.78. The van der Waals surface area contributed by atoms with Crippen molar-refractivity contribution in [3.63, 3.8) is 0 Å². The topological polar surface area (TPSA) is 63.7 Å². The van der Waals surface area contributed by atoms with Crippen LogP contribution in [-0.2, 0) is 31.4 Å². The molecule has 1 atom stereocenters. The van der Waals surface area contributed by atoms with Gasteiger partial charge < -0.3 is 4.74 Å². The SMILES string of the molecule is COC(=O)C[C@@H]1Cc2cc(C(C)(C)C)ccc2N1S(=O)(=O)c1ccc(C)cc1. The number of fused-ring (bicyclic) bond motifs is 1. The lowest BCUT2D eigenvalue weighted by Gasteiger charge is -2.27. The molecule has 0 unspecified atom stereocenters. The van der Waals surface area contributed by atoms with E-state index < -0.39 is 22.0 Å². The zero-order valence-electron chi connectivity index (χ0n) is 17.0. The highest BCUT2D eigenvalue weighted by molar-refractivity contribution is 7.92. The van der Waals surface area contributed by atoms with Crippen LogP contribution in [0.4, 0.5) is 5.69 Å². The fourth-order valence-corrected chi connectivity index (χ4v) is 5.23. The summed E-state index contributed by atoms with van der Waals surface area (Å²) < 4.78 is 33.1. The predicted octanol–water partition coefficient (Wildman–Crippen LogP) is 3.98. The third-order valence-corrected chi connectivity index (χ3v) is 7.06. The molecule has 150 valence electrons. The van der Waals surface area contributed by atoms with Crippen LogP contribution in [-0.4, -0.2) is 27.5 Å². The van der Waals surface area contributed by atoms with Gasteiger partial charge in [0.25, 0.3) is 10.0 Å². The summed E-state index contributed by atoms with van der Waals surface area (Å²) in [5.41, 5.74) is 3.66. The van der Waals surface area contributed by atoms with Crippen molar-refractivity contribution >= 4 is 21.7 Å². The molecule has 0 N–H and O–H groups in total. The van der Waals surface area contributed by atoms with Crippen molar-refractivity contribution in [3.8, 4) is 0 Å². The Kier molecular flexibility index (Phi) is 5.28. The lowest BCUT2D eigenvalue weighted by atomic mass is 9.86. The second-order valence-electron chi connectivity index (χ2n) is 8.35. The molecule has 2 aromatic carbocycles. The van der Waals surface area contributed by atoms with Crippen LogP contribution in [0.2, 0.25) is 0 Å². The van der Waals surface area contributed by atoms with Gasteiger partial charge in [0.05, 0.1) is 30.2 Å². The van der Waals surface area contributed by atoms with E-state index in [0.29, 0.717) is 12.1 Å². The molecule has 0 bridgehead atoms. The molecule has 1 aliphatic rings. The zero-order valence-corrected chi connectivity index (χ0v) is 17.8. The molecule has 1 heterocycles. The fraction of sp³-hybridized carbons (Fsp3) is 0.409. The maximum absolute atomic E-state index is 13.4. The van der Waals surface area contributed by atoms with Gasteiger partial charge in [-0.05, 0) is 48.1 Å². The van der Waals surface area contributed by atoms with Gasteiger partial charge >= 0.3 is 5.97 Å². The van der Waals surface area contributed by atoms with Gasteiger partial charge in [0, 0.05) is 0 Å². The highest BCUT2D eigenvalue weighted by atomic mass is 32.2. The van der Waals surface area contributed by atoms with Crippen molar-refractivity contribution < 1.29 is 17.9 Å². The number of benzene rings is 2. The van der Waals surface area contributed by atoms with Crippen molar-refractivity contribution in [2.45, 2.75) is 56.9 Å². The first-order valence-electron chi connectivity index (χ1n) is 9.35. The van der Waals surface area contributed by atoms with E-state index in [1.54, 1.807) is 24.3 Å². The number of anilines is 1. The minimum atomic E-state index is -3.79. The molecule has 0 amide bonds. The van der Waals surface area contributed by atoms with E-state index in [2.05, 4.69) is 26.8 Å². The Morgan fingerprint density at radius 3 is 2.36 bits per heavy atom. The van der Waals surface area contributed by atoms with E-state index in [1.165, 1.54) is 11.4 Å². The molecule has 0 radical (unpaired) electrons. The molecule has 5 nitrogen and oxygen atoms in total. The molecule has 0 fully saturated rings. The Morgan fingerprint density at radius 1 is 1.14 bits per heavy atom. The Balaban J connectivity index is 2.10. The average Bonchev–Trinajstić information content (AvgIpc) is 2.98. The van der Waals surface area contributed by atoms with Gasteiger partial charge in [-0.3, -0.25) is 9.10 Å². The minimum Gasteiger partial charge on any atom is -0.469 e. The monoisotopic (exact) mass is 401 g/mol. The normalized spacial score (nSPS) is 16.8. The number of hydrogen-bond donors (Lipinski definition) is 0. The molecular weight excluding hydrogens is 374 g/mol. The van der Waals surface area contributed by atoms with E-state index in [-0.39, 0.29) is 16.7 Å². The first-order chi connectivity index (χ1) is 13.0. The summed E-state index contributed by atoms with van der Waals surface area (Å²) in [6.07, 6.45) is 0.501. The van der Waals surface area contributed by atoms with Gasteiger partial charge in [0.2, 0.25) is 0 Å². The van der Waals surface area contributed by atoms with Crippen LogP contribution in [0.5, 0.6) is 0 Å². The summed E-state index contributed by atoms with van der Waals surface area (Å²) in [5, 5.41) is 0. The minimum absolute atomic E-state index is 0.0150. The van der Waals surface area contributed by atoms with Crippen LogP contribution in [0.1, 0.15) is 43.9 Å². The summed E-state index contributed by atoms with van der Waals surface area (Å²) >= 11 is 0. The molecule has 0 aliphatic carbocycles. The highest BCUT2D eigenvalue weighted by Gasteiger charge is 2.40. The first-order valence-corrected chi connectivity index (χ1v) is 10.8. The largest absolute Gasteiger partial charge is 0.469 e. The van der Waals surface area contributed by atoms with Crippen molar-refractivity contribution in [3.05, 3.63) is 59.2 Å². The molecule has 0 aromatic heterocycles. The zero-order chi connectivity index (χ0) is 20.7. The molecule has 28 heavy (non-hydrogen) atoms. The van der Waals surface area contributed by atoms with E-state index >= 15 is 0 Å². The van der Waals surface area contributed by atoms with Crippen LogP contribution >= 0.6 is 0 Å². The van der Waals surface area contributed by atoms with Crippen LogP contribution in [0.15, 0.2) is 47.4 Å². The molecule has 2 aromatic rings. The molecule has 0 saturated heterocycles. The number of rotatable bonds is 4. The summed E-state index contributed by atoms with van der Waals surface area (Å²) in [4.78, 5) is 12.2. The van der Waals surface area contributed by atoms with E-state index in [0.717, 1.165) is 16.7 Å². The van der Waals surface area contributed by atoms with Gasteiger partial charge in [-0.25, -0.2) is 8.42 Å². The van der Waals surface area contributed by atoms with E-state index in [4.69, 9.17) is 4.74 Å². The van der Waals surface area contributed by atoms with Crippen molar-refractivity contribution in [1.29, 1.82) is 0 Å². The predicted molar refractivity (Wildman–Crippen MR) is 110 cm³/mol. The Morgan fingerprint density at radius 2 is 1.79 bits per heavy atom. The van der Waals surface area contributed by atoms with Gasteiger partial charge in [-0.1, -0.05) is 50.6 Å². The number of carbonyl (C=O) groups is 1. The molecule has 1 aliphatic heterocycles. The number of hydrogen-bond acceptors (Lipinski definition) is 4. The van der Waals surface area contributed by atoms with Crippen LogP contribution in [0.3, 0.4) is 0 Å². The number of aryl methyl sites for hydroxylation is 1. The summed E-state index contributed by atoms with van der Waals surface area (Å²) in [6, 6.07) is 12.2. The van der Waals surface area contributed by atoms with Crippen molar-refractivity contribution in [1.82, 2.24) is 0 Å². The third-order valence-electron chi connectivity index (χ3n) is 5.18. The van der Waals surface area contributed by atoms with Gasteiger partial charge in [0.15, 0.2) is 0 Å². The number of ether oxygens (including phenoxy) is 1. The summed E-state index contributed by atoms with van der Waals surface area (Å²) in [6.45, 7) is 8.28. The average molecular weight is 402 g/mol. The van der Waals surface area contributed by atoms with Crippen molar-refractivity contribution in [2.24, 2.45) is 0 Å². The van der Waals surface area contributed by atoms with Gasteiger partial charge in [0.1, 0.15) is 0 Å². The number of nitrogens with zero attached hydrogens (tertiary/aromatic N) is 1. The van der Waals surface area contributed by atoms with Crippen molar-refractivity contribution in [2.75, 3.05) is 11.4 Å². The first kappa shape index (κ1) is 20.4. The number of sulfonamides is 1. The maximum Gasteiger partial charge on any atom is 0.307 e. The number of carbonyl (C=O) groups excluding carboxylic acids is 1. The summed E-state index contributed by atoms with van der Waals surface area (Å²) in [5.74, 6) is -0.419. The van der Waals surface area contributed by atoms with E-state index in [9.17, 15) is 13.2 Å². The number of esters is 1. The number of methoxy groups -OCH3 is 1. The standard InChI is InChI=1S/C22H27NO4S/c1-15-6-9-19(10-7-15)28(25,26)23-18(14-21(24)27-5)13-16-12-17(22(2,3)4)8-11-20(16)23/h6-12,18H,13-14H2,1-5H3/t18-/m0/s1. The Labute approximate surface area is 167 Å². The Hall–Kier alpha value is -2.34. The quantitative estimate of drug-likeness (QED) is 0.727. The van der Waals surface area contributed by atoms with Gasteiger partial charge in [-0.15, -0.1) is 0 Å². The molecule has 0 saturated carbocycles. The van der Waals surface area contributed by atoms with Gasteiger partial charge in [-0.2, -0.15) is 0 Å². The second kappa shape index (κ2) is 7.24. The van der Waals surface area contributed by atoms with Crippen LogP contribution in [0.25, 0.3) is 0 Å².